The molecule has 0 aliphatic carbocycles. The lowest BCUT2D eigenvalue weighted by Gasteiger charge is -1.97. The number of benzene rings is 2. The highest BCUT2D eigenvalue weighted by atomic mass is 35.5. The van der Waals surface area contributed by atoms with Gasteiger partial charge < -0.3 is 15.9 Å². The van der Waals surface area contributed by atoms with Crippen LogP contribution >= 0.6 is 24.8 Å². The lowest BCUT2D eigenvalue weighted by molar-refractivity contribution is 0.604. The Hall–Kier alpha value is -3.02. The highest BCUT2D eigenvalue weighted by Crippen LogP contribution is 2.21. The maximum atomic E-state index is 7.48. The van der Waals surface area contributed by atoms with Crippen LogP contribution in [0.1, 0.15) is 22.5 Å². The predicted octanol–water partition coefficient (Wildman–Crippen LogP) is 4.57. The molecule has 0 aliphatic rings. The zero-order valence-electron chi connectivity index (χ0n) is 14.3. The van der Waals surface area contributed by atoms with E-state index in [0.717, 1.165) is 22.3 Å². The third-order valence-electron chi connectivity index (χ3n) is 3.73. The van der Waals surface area contributed by atoms with E-state index >= 15 is 0 Å². The second-order valence-electron chi connectivity index (χ2n) is 5.57. The summed E-state index contributed by atoms with van der Waals surface area (Å²) in [5.74, 6) is 0.833. The van der Waals surface area contributed by atoms with E-state index in [1.54, 1.807) is 6.07 Å². The third-order valence-corrected chi connectivity index (χ3v) is 3.73. The molecule has 3 rings (SSSR count). The quantitative estimate of drug-likeness (QED) is 0.284. The molecule has 2 aromatic carbocycles. The van der Waals surface area contributed by atoms with Gasteiger partial charge >= 0.3 is 0 Å². The molecule has 0 amide bonds. The lowest BCUT2D eigenvalue weighted by Crippen LogP contribution is -2.10. The van der Waals surface area contributed by atoms with Gasteiger partial charge in [-0.2, -0.15) is 0 Å². The number of halogens is 2. The van der Waals surface area contributed by atoms with Gasteiger partial charge in [0.1, 0.15) is 23.0 Å². The Labute approximate surface area is 169 Å². The van der Waals surface area contributed by atoms with Gasteiger partial charge in [-0.3, -0.25) is 10.8 Å². The number of rotatable bonds is 5. The highest BCUT2D eigenvalue weighted by molar-refractivity contribution is 5.98. The van der Waals surface area contributed by atoms with E-state index < -0.39 is 0 Å². The molecule has 1 aromatic heterocycles. The Morgan fingerprint density at radius 2 is 1.37 bits per heavy atom. The van der Waals surface area contributed by atoms with Gasteiger partial charge in [0.05, 0.1) is 0 Å². The largest absolute Gasteiger partial charge is 0.457 e. The van der Waals surface area contributed by atoms with Crippen LogP contribution in [0.25, 0.3) is 23.1 Å². The summed E-state index contributed by atoms with van der Waals surface area (Å²) in [7, 11) is 0. The normalized spacial score (nSPS) is 10.7. The maximum absolute atomic E-state index is 7.48. The molecule has 6 N–H and O–H groups in total. The van der Waals surface area contributed by atoms with Crippen LogP contribution in [-0.2, 0) is 0 Å². The predicted molar refractivity (Wildman–Crippen MR) is 117 cm³/mol. The summed E-state index contributed by atoms with van der Waals surface area (Å²) in [5, 5.41) is 15.8. The summed E-state index contributed by atoms with van der Waals surface area (Å²) in [6.45, 7) is 0. The van der Waals surface area contributed by atoms with Crippen LogP contribution in [0, 0.1) is 10.8 Å². The molecule has 7 heteroatoms. The molecule has 0 unspecified atom stereocenters. The average Bonchev–Trinajstić information content (AvgIpc) is 3.01. The summed E-state index contributed by atoms with van der Waals surface area (Å²) in [6, 6.07) is 14.8. The molecule has 0 fully saturated rings. The second-order valence-corrected chi connectivity index (χ2v) is 5.57. The fourth-order valence-electron chi connectivity index (χ4n) is 2.40. The number of hydrogen-bond donors (Lipinski definition) is 4. The van der Waals surface area contributed by atoms with Gasteiger partial charge in [0.25, 0.3) is 0 Å². The molecule has 1 heterocycles. The first-order chi connectivity index (χ1) is 12.0. The van der Waals surface area contributed by atoms with Gasteiger partial charge in [-0.15, -0.1) is 24.8 Å². The number of nitrogens with two attached hydrogens (primary N) is 2. The first-order valence-corrected chi connectivity index (χ1v) is 7.70. The average molecular weight is 403 g/mol. The molecule has 0 radical (unpaired) electrons. The number of hydrogen-bond acceptors (Lipinski definition) is 3. The summed E-state index contributed by atoms with van der Waals surface area (Å²) in [4.78, 5) is 0. The number of allylic oxidation sites excluding steroid dienone is 2. The van der Waals surface area contributed by atoms with Crippen molar-refractivity contribution < 1.29 is 4.42 Å². The SMILES string of the molecule is Cl.Cl.N=C(N)c1ccc(C=CC=Cc2cc3cc(C(=N)N)ccc3o2)cc1. The Morgan fingerprint density at radius 1 is 0.778 bits per heavy atom. The van der Waals surface area contributed by atoms with Gasteiger partial charge in [0.2, 0.25) is 0 Å². The Bertz CT molecular complexity index is 1000. The lowest BCUT2D eigenvalue weighted by atomic mass is 10.1. The summed E-state index contributed by atoms with van der Waals surface area (Å²) in [6.07, 6.45) is 7.63. The third kappa shape index (κ3) is 5.48. The van der Waals surface area contributed by atoms with Crippen LogP contribution in [0.4, 0.5) is 0 Å². The molecule has 0 saturated heterocycles. The molecule has 140 valence electrons. The maximum Gasteiger partial charge on any atom is 0.134 e. The van der Waals surface area contributed by atoms with Crippen molar-refractivity contribution in [2.45, 2.75) is 0 Å². The Morgan fingerprint density at radius 3 is 2.00 bits per heavy atom. The minimum atomic E-state index is 0. The van der Waals surface area contributed by atoms with Crippen molar-refractivity contribution in [3.8, 4) is 0 Å². The van der Waals surface area contributed by atoms with Gasteiger partial charge in [-0.25, -0.2) is 0 Å². The smallest absolute Gasteiger partial charge is 0.134 e. The van der Waals surface area contributed by atoms with E-state index in [2.05, 4.69) is 0 Å². The fraction of sp³-hybridized carbons (Fsp3) is 0. The fourth-order valence-corrected chi connectivity index (χ4v) is 2.40. The van der Waals surface area contributed by atoms with Crippen molar-refractivity contribution in [2.24, 2.45) is 11.5 Å². The van der Waals surface area contributed by atoms with Crippen LogP contribution in [0.5, 0.6) is 0 Å². The van der Waals surface area contributed by atoms with E-state index in [4.69, 9.17) is 26.7 Å². The van der Waals surface area contributed by atoms with E-state index in [9.17, 15) is 0 Å². The molecule has 0 bridgehead atoms. The van der Waals surface area contributed by atoms with Crippen molar-refractivity contribution in [3.05, 3.63) is 83.1 Å². The summed E-state index contributed by atoms with van der Waals surface area (Å²) >= 11 is 0. The molecule has 27 heavy (non-hydrogen) atoms. The molecular weight excluding hydrogens is 383 g/mol. The van der Waals surface area contributed by atoms with Crippen LogP contribution in [0.3, 0.4) is 0 Å². The second kappa shape index (κ2) is 9.62. The summed E-state index contributed by atoms with van der Waals surface area (Å²) < 4.78 is 5.73. The zero-order valence-corrected chi connectivity index (χ0v) is 15.9. The van der Waals surface area contributed by atoms with E-state index in [1.165, 1.54) is 0 Å². The van der Waals surface area contributed by atoms with E-state index in [0.29, 0.717) is 11.1 Å². The highest BCUT2D eigenvalue weighted by Gasteiger charge is 2.03. The first-order valence-electron chi connectivity index (χ1n) is 7.70. The molecule has 0 spiro atoms. The zero-order chi connectivity index (χ0) is 17.8. The number of fused-ring (bicyclic) bond motifs is 1. The monoisotopic (exact) mass is 402 g/mol. The van der Waals surface area contributed by atoms with Crippen LogP contribution < -0.4 is 11.5 Å². The van der Waals surface area contributed by atoms with Crippen molar-refractivity contribution in [2.75, 3.05) is 0 Å². The molecule has 0 atom stereocenters. The first kappa shape index (κ1) is 22.0. The number of amidine groups is 2. The molecule has 0 aliphatic heterocycles. The van der Waals surface area contributed by atoms with Gasteiger partial charge in [0.15, 0.2) is 0 Å². The van der Waals surface area contributed by atoms with Crippen molar-refractivity contribution in [3.63, 3.8) is 0 Å². The minimum absolute atomic E-state index is 0. The topological polar surface area (TPSA) is 113 Å². The van der Waals surface area contributed by atoms with Crippen molar-refractivity contribution >= 4 is 59.6 Å². The van der Waals surface area contributed by atoms with Crippen molar-refractivity contribution in [1.29, 1.82) is 10.8 Å². The van der Waals surface area contributed by atoms with Crippen LogP contribution in [0.15, 0.2) is 65.1 Å². The number of nitrogen functional groups attached to an aromatic ring is 2. The van der Waals surface area contributed by atoms with Crippen LogP contribution in [0.2, 0.25) is 0 Å². The van der Waals surface area contributed by atoms with Crippen molar-refractivity contribution in [1.82, 2.24) is 0 Å². The van der Waals surface area contributed by atoms with E-state index in [1.807, 2.05) is 66.8 Å². The summed E-state index contributed by atoms with van der Waals surface area (Å²) in [5.41, 5.74) is 14.1. The number of nitrogens with one attached hydrogen (secondary N) is 2. The molecule has 3 aromatic rings. The Kier molecular flexibility index (Phi) is 7.84. The van der Waals surface area contributed by atoms with Crippen LogP contribution in [-0.4, -0.2) is 11.7 Å². The minimum Gasteiger partial charge on any atom is -0.457 e. The number of furan rings is 1. The standard InChI is InChI=1S/C20H18N4O.2ClH/c21-19(22)14-7-5-13(6-8-14)3-1-2-4-17-12-16-11-15(20(23)24)9-10-18(16)25-17;;/h1-12H,(H3,21,22)(H3,23,24);2*1H. The van der Waals surface area contributed by atoms with Gasteiger partial charge in [0, 0.05) is 16.5 Å². The Balaban J connectivity index is 0.00000182. The molecule has 5 nitrogen and oxygen atoms in total. The van der Waals surface area contributed by atoms with Gasteiger partial charge in [-0.1, -0.05) is 42.5 Å². The molecule has 0 saturated carbocycles. The molecular formula is C20H20Cl2N4O. The van der Waals surface area contributed by atoms with Gasteiger partial charge in [-0.05, 0) is 35.9 Å². The van der Waals surface area contributed by atoms with E-state index in [-0.39, 0.29) is 36.5 Å².